The van der Waals surface area contributed by atoms with Crippen molar-refractivity contribution in [1.29, 1.82) is 0 Å². The lowest BCUT2D eigenvalue weighted by atomic mass is 10.1. The Kier molecular flexibility index (Phi) is 4.69. The Balaban J connectivity index is 2.10. The lowest BCUT2D eigenvalue weighted by molar-refractivity contribution is -0.150. The number of anilines is 1. The van der Waals surface area contributed by atoms with E-state index in [4.69, 9.17) is 26.2 Å². The third-order valence-electron chi connectivity index (χ3n) is 3.33. The summed E-state index contributed by atoms with van der Waals surface area (Å²) >= 11 is 6.00. The minimum absolute atomic E-state index is 0.324. The molecule has 1 fully saturated rings. The monoisotopic (exact) mass is 313 g/mol. The third kappa shape index (κ3) is 3.46. The van der Waals surface area contributed by atoms with Gasteiger partial charge in [0, 0.05) is 11.1 Å². The van der Waals surface area contributed by atoms with Gasteiger partial charge in [-0.15, -0.1) is 0 Å². The minimum Gasteiger partial charge on any atom is -0.495 e. The zero-order chi connectivity index (χ0) is 15.6. The molecule has 2 rings (SSSR count). The molecule has 1 aliphatic heterocycles. The predicted molar refractivity (Wildman–Crippen MR) is 76.9 cm³/mol. The molecule has 1 aromatic carbocycles. The summed E-state index contributed by atoms with van der Waals surface area (Å²) in [5.41, 5.74) is 1.27. The molecule has 0 aliphatic carbocycles. The van der Waals surface area contributed by atoms with Gasteiger partial charge < -0.3 is 19.9 Å². The second kappa shape index (κ2) is 6.32. The van der Waals surface area contributed by atoms with Gasteiger partial charge in [0.25, 0.3) is 5.91 Å². The van der Waals surface area contributed by atoms with Crippen LogP contribution in [-0.2, 0) is 14.3 Å². The molecule has 1 aliphatic rings. The summed E-state index contributed by atoms with van der Waals surface area (Å²) in [7, 11) is 1.48. The highest BCUT2D eigenvalue weighted by Crippen LogP contribution is 2.31. The van der Waals surface area contributed by atoms with Crippen molar-refractivity contribution in [2.24, 2.45) is 0 Å². The minimum atomic E-state index is -1.05. The fraction of sp³-hybridized carbons (Fsp3) is 0.429. The first-order valence-corrected chi connectivity index (χ1v) is 6.83. The first-order chi connectivity index (χ1) is 9.92. The van der Waals surface area contributed by atoms with E-state index in [9.17, 15) is 9.59 Å². The predicted octanol–water partition coefficient (Wildman–Crippen LogP) is 2.23. The van der Waals surface area contributed by atoms with Crippen molar-refractivity contribution in [3.05, 3.63) is 22.7 Å². The number of carbonyl (C=O) groups is 2. The van der Waals surface area contributed by atoms with Gasteiger partial charge in [-0.05, 0) is 31.4 Å². The number of rotatable bonds is 4. The van der Waals surface area contributed by atoms with Gasteiger partial charge in [0.05, 0.1) is 12.8 Å². The average Bonchev–Trinajstić information content (AvgIpc) is 2.92. The van der Waals surface area contributed by atoms with Crippen LogP contribution < -0.4 is 10.1 Å². The van der Waals surface area contributed by atoms with Crippen LogP contribution in [0.15, 0.2) is 12.1 Å². The molecule has 1 aromatic rings. The molecule has 0 saturated carbocycles. The highest BCUT2D eigenvalue weighted by molar-refractivity contribution is 6.31. The van der Waals surface area contributed by atoms with Crippen LogP contribution in [0.1, 0.15) is 18.4 Å². The van der Waals surface area contributed by atoms with Crippen LogP contribution in [0.25, 0.3) is 0 Å². The van der Waals surface area contributed by atoms with E-state index in [0.29, 0.717) is 29.3 Å². The van der Waals surface area contributed by atoms with Crippen LogP contribution in [-0.4, -0.2) is 36.3 Å². The van der Waals surface area contributed by atoms with Gasteiger partial charge in [0.15, 0.2) is 6.10 Å². The highest BCUT2D eigenvalue weighted by Gasteiger charge is 2.35. The van der Waals surface area contributed by atoms with E-state index in [2.05, 4.69) is 5.32 Å². The van der Waals surface area contributed by atoms with Gasteiger partial charge in [-0.25, -0.2) is 4.79 Å². The SMILES string of the molecule is COc1cc(Cl)c(C)cc1NC(=O)[C@@H]1CC[C@H](C(=O)O)O1. The van der Waals surface area contributed by atoms with Crippen molar-refractivity contribution in [1.82, 2.24) is 0 Å². The molecule has 0 aromatic heterocycles. The van der Waals surface area contributed by atoms with E-state index in [1.165, 1.54) is 7.11 Å². The number of carboxylic acid groups (broad SMARTS) is 1. The van der Waals surface area contributed by atoms with E-state index < -0.39 is 24.1 Å². The Morgan fingerprint density at radius 3 is 2.62 bits per heavy atom. The number of halogens is 1. The molecule has 6 nitrogen and oxygen atoms in total. The molecule has 1 heterocycles. The van der Waals surface area contributed by atoms with Gasteiger partial charge in [-0.1, -0.05) is 11.6 Å². The van der Waals surface area contributed by atoms with Crippen molar-refractivity contribution in [2.45, 2.75) is 32.0 Å². The van der Waals surface area contributed by atoms with Crippen molar-refractivity contribution in [2.75, 3.05) is 12.4 Å². The number of hydrogen-bond donors (Lipinski definition) is 2. The summed E-state index contributed by atoms with van der Waals surface area (Å²) in [6.45, 7) is 1.81. The van der Waals surface area contributed by atoms with E-state index >= 15 is 0 Å². The van der Waals surface area contributed by atoms with Crippen molar-refractivity contribution >= 4 is 29.2 Å². The second-order valence-corrected chi connectivity index (χ2v) is 5.23. The maximum atomic E-state index is 12.1. The lowest BCUT2D eigenvalue weighted by Gasteiger charge is -2.15. The van der Waals surface area contributed by atoms with Gasteiger partial charge in [0.1, 0.15) is 11.9 Å². The molecule has 0 bridgehead atoms. The summed E-state index contributed by atoms with van der Waals surface area (Å²) in [6, 6.07) is 3.31. The molecule has 0 spiro atoms. The first kappa shape index (κ1) is 15.6. The van der Waals surface area contributed by atoms with E-state index in [1.807, 2.05) is 6.92 Å². The van der Waals surface area contributed by atoms with Crippen LogP contribution in [0, 0.1) is 6.92 Å². The van der Waals surface area contributed by atoms with Crippen molar-refractivity contribution in [3.8, 4) is 5.75 Å². The second-order valence-electron chi connectivity index (χ2n) is 4.82. The number of carboxylic acids is 1. The molecule has 7 heteroatoms. The summed E-state index contributed by atoms with van der Waals surface area (Å²) < 4.78 is 10.4. The highest BCUT2D eigenvalue weighted by atomic mass is 35.5. The summed E-state index contributed by atoms with van der Waals surface area (Å²) in [6.07, 6.45) is -0.997. The number of ether oxygens (including phenoxy) is 2. The number of amides is 1. The third-order valence-corrected chi connectivity index (χ3v) is 3.73. The Morgan fingerprint density at radius 1 is 1.38 bits per heavy atom. The van der Waals surface area contributed by atoms with Crippen LogP contribution in [0.5, 0.6) is 5.75 Å². The molecule has 1 saturated heterocycles. The number of aliphatic carboxylic acids is 1. The maximum Gasteiger partial charge on any atom is 0.332 e. The molecule has 21 heavy (non-hydrogen) atoms. The average molecular weight is 314 g/mol. The molecule has 2 N–H and O–H groups in total. The zero-order valence-corrected chi connectivity index (χ0v) is 12.4. The zero-order valence-electron chi connectivity index (χ0n) is 11.7. The number of nitrogens with one attached hydrogen (secondary N) is 1. The number of aryl methyl sites for hydroxylation is 1. The van der Waals surface area contributed by atoms with Crippen molar-refractivity contribution in [3.63, 3.8) is 0 Å². The van der Waals surface area contributed by atoms with Crippen LogP contribution in [0.3, 0.4) is 0 Å². The molecule has 1 amide bonds. The molecule has 0 radical (unpaired) electrons. The van der Waals surface area contributed by atoms with Gasteiger partial charge >= 0.3 is 5.97 Å². The number of methoxy groups -OCH3 is 1. The van der Waals surface area contributed by atoms with Gasteiger partial charge in [-0.3, -0.25) is 4.79 Å². The molecular weight excluding hydrogens is 298 g/mol. The lowest BCUT2D eigenvalue weighted by Crippen LogP contribution is -2.30. The first-order valence-electron chi connectivity index (χ1n) is 6.45. The Bertz CT molecular complexity index is 575. The van der Waals surface area contributed by atoms with Gasteiger partial charge in [0.2, 0.25) is 0 Å². The number of hydrogen-bond acceptors (Lipinski definition) is 4. The van der Waals surface area contributed by atoms with E-state index in [-0.39, 0.29) is 0 Å². The molecule has 0 unspecified atom stereocenters. The van der Waals surface area contributed by atoms with Crippen LogP contribution >= 0.6 is 11.6 Å². The molecule has 114 valence electrons. The molecule has 2 atom stereocenters. The summed E-state index contributed by atoms with van der Waals surface area (Å²) in [4.78, 5) is 22.9. The fourth-order valence-corrected chi connectivity index (χ4v) is 2.31. The number of carbonyl (C=O) groups excluding carboxylic acids is 1. The van der Waals surface area contributed by atoms with Crippen LogP contribution in [0.4, 0.5) is 5.69 Å². The van der Waals surface area contributed by atoms with Gasteiger partial charge in [-0.2, -0.15) is 0 Å². The van der Waals surface area contributed by atoms with Crippen LogP contribution in [0.2, 0.25) is 5.02 Å². The fourth-order valence-electron chi connectivity index (χ4n) is 2.15. The van der Waals surface area contributed by atoms with E-state index in [0.717, 1.165) is 5.56 Å². The molecular formula is C14H16ClNO5. The van der Waals surface area contributed by atoms with E-state index in [1.54, 1.807) is 12.1 Å². The standard InChI is InChI=1S/C14H16ClNO5/c1-7-5-9(12(20-2)6-8(7)15)16-13(17)10-3-4-11(21-10)14(18)19/h5-6,10-11H,3-4H2,1-2H3,(H,16,17)(H,18,19)/t10-,11+/m0/s1. The topological polar surface area (TPSA) is 84.9 Å². The summed E-state index contributed by atoms with van der Waals surface area (Å²) in [5.74, 6) is -1.00. The largest absolute Gasteiger partial charge is 0.495 e. The Hall–Kier alpha value is -1.79. The summed E-state index contributed by atoms with van der Waals surface area (Å²) in [5, 5.41) is 12.1. The van der Waals surface area contributed by atoms with Crippen molar-refractivity contribution < 1.29 is 24.2 Å². The Morgan fingerprint density at radius 2 is 2.05 bits per heavy atom. The number of benzene rings is 1. The Labute approximate surface area is 127 Å². The normalized spacial score (nSPS) is 21.1. The maximum absolute atomic E-state index is 12.1. The smallest absolute Gasteiger partial charge is 0.332 e. The quantitative estimate of drug-likeness (QED) is 0.890.